The van der Waals surface area contributed by atoms with Gasteiger partial charge in [0.15, 0.2) is 5.01 Å². The van der Waals surface area contributed by atoms with Crippen LogP contribution in [-0.4, -0.2) is 64.0 Å². The number of amides is 1. The number of aromatic amines is 1. The Kier molecular flexibility index (Phi) is 5.68. The average Bonchev–Trinajstić information content (AvgIpc) is 3.57. The molecule has 13 heteroatoms. The van der Waals surface area contributed by atoms with Gasteiger partial charge in [-0.1, -0.05) is 0 Å². The minimum absolute atomic E-state index is 0.255. The molecule has 11 nitrogen and oxygen atoms in total. The Morgan fingerprint density at radius 1 is 1.21 bits per heavy atom. The number of H-pyrrole nitrogens is 1. The Labute approximate surface area is 193 Å². The highest BCUT2D eigenvalue weighted by Crippen LogP contribution is 2.31. The van der Waals surface area contributed by atoms with Gasteiger partial charge in [-0.05, 0) is 25.0 Å². The van der Waals surface area contributed by atoms with Crippen molar-refractivity contribution in [2.75, 3.05) is 24.4 Å². The second-order valence-electron chi connectivity index (χ2n) is 7.87. The van der Waals surface area contributed by atoms with E-state index in [2.05, 4.69) is 30.0 Å². The molecule has 0 unspecified atom stereocenters. The van der Waals surface area contributed by atoms with Gasteiger partial charge in [-0.2, -0.15) is 0 Å². The normalized spacial score (nSPS) is 18.8. The number of rotatable bonds is 6. The maximum Gasteiger partial charge on any atom is 0.283 e. The SMILES string of the molecule is O=C(c1ncc(-c2cncc(=O)[nH]2)s1)N1CCNC[C@H]1c1cc(NS(=O)(=O)C2CC2)ccn1. The number of pyridine rings is 1. The van der Waals surface area contributed by atoms with Gasteiger partial charge in [0.05, 0.1) is 45.6 Å². The molecule has 0 radical (unpaired) electrons. The Morgan fingerprint density at radius 3 is 2.85 bits per heavy atom. The molecule has 0 spiro atoms. The van der Waals surface area contributed by atoms with Crippen LogP contribution in [0.5, 0.6) is 0 Å². The fraction of sp³-hybridized carbons (Fsp3) is 0.350. The van der Waals surface area contributed by atoms with Crippen molar-refractivity contribution in [3.05, 3.63) is 58.0 Å². The molecule has 3 N–H and O–H groups in total. The fourth-order valence-corrected chi connectivity index (χ4v) is 5.87. The predicted octanol–water partition coefficient (Wildman–Crippen LogP) is 0.979. The molecule has 1 aliphatic carbocycles. The molecule has 1 aliphatic heterocycles. The van der Waals surface area contributed by atoms with Crippen molar-refractivity contribution < 1.29 is 13.2 Å². The van der Waals surface area contributed by atoms with Gasteiger partial charge in [0.1, 0.15) is 0 Å². The summed E-state index contributed by atoms with van der Waals surface area (Å²) in [5.74, 6) is -0.255. The van der Waals surface area contributed by atoms with E-state index in [1.807, 2.05) is 0 Å². The zero-order valence-electron chi connectivity index (χ0n) is 17.4. The summed E-state index contributed by atoms with van der Waals surface area (Å²) in [6.07, 6.45) is 7.10. The lowest BCUT2D eigenvalue weighted by atomic mass is 10.1. The van der Waals surface area contributed by atoms with E-state index >= 15 is 0 Å². The minimum Gasteiger partial charge on any atom is -0.325 e. The number of sulfonamides is 1. The van der Waals surface area contributed by atoms with Crippen LogP contribution in [0.2, 0.25) is 0 Å². The predicted molar refractivity (Wildman–Crippen MR) is 122 cm³/mol. The van der Waals surface area contributed by atoms with Gasteiger partial charge in [-0.15, -0.1) is 11.3 Å². The van der Waals surface area contributed by atoms with Crippen LogP contribution in [0.1, 0.15) is 34.4 Å². The quantitative estimate of drug-likeness (QED) is 0.466. The Bertz CT molecular complexity index is 1350. The average molecular weight is 488 g/mol. The number of nitrogens with zero attached hydrogens (tertiary/aromatic N) is 4. The number of hydrogen-bond donors (Lipinski definition) is 3. The van der Waals surface area contributed by atoms with Gasteiger partial charge >= 0.3 is 0 Å². The third-order valence-corrected chi connectivity index (χ3v) is 8.35. The highest BCUT2D eigenvalue weighted by Gasteiger charge is 2.36. The number of carbonyl (C=O) groups is 1. The van der Waals surface area contributed by atoms with E-state index < -0.39 is 10.0 Å². The minimum atomic E-state index is -3.40. The number of thiazole rings is 1. The van der Waals surface area contributed by atoms with Crippen molar-refractivity contribution in [2.45, 2.75) is 24.1 Å². The summed E-state index contributed by atoms with van der Waals surface area (Å²) in [7, 11) is -3.40. The second kappa shape index (κ2) is 8.65. The first-order valence-electron chi connectivity index (χ1n) is 10.4. The topological polar surface area (TPSA) is 150 Å². The number of hydrogen-bond acceptors (Lipinski definition) is 9. The molecule has 2 fully saturated rings. The molecule has 1 saturated heterocycles. The lowest BCUT2D eigenvalue weighted by Crippen LogP contribution is -2.49. The molecule has 0 aromatic carbocycles. The first-order valence-corrected chi connectivity index (χ1v) is 12.8. The van der Waals surface area contributed by atoms with Crippen LogP contribution < -0.4 is 15.6 Å². The number of anilines is 1. The molecule has 1 amide bonds. The Morgan fingerprint density at radius 2 is 2.06 bits per heavy atom. The molecule has 3 aromatic rings. The summed E-state index contributed by atoms with van der Waals surface area (Å²) >= 11 is 1.17. The number of piperazine rings is 1. The first kappa shape index (κ1) is 21.7. The van der Waals surface area contributed by atoms with Gasteiger partial charge < -0.3 is 15.2 Å². The van der Waals surface area contributed by atoms with Crippen molar-refractivity contribution in [1.82, 2.24) is 30.2 Å². The number of aromatic nitrogens is 4. The second-order valence-corrected chi connectivity index (χ2v) is 10.9. The molecule has 33 heavy (non-hydrogen) atoms. The van der Waals surface area contributed by atoms with Crippen LogP contribution in [0.15, 0.2) is 41.7 Å². The molecule has 1 atom stereocenters. The van der Waals surface area contributed by atoms with Gasteiger partial charge in [0.25, 0.3) is 11.5 Å². The third kappa shape index (κ3) is 4.65. The smallest absolute Gasteiger partial charge is 0.283 e. The highest BCUT2D eigenvalue weighted by molar-refractivity contribution is 7.93. The van der Waals surface area contributed by atoms with Crippen molar-refractivity contribution in [1.29, 1.82) is 0 Å². The molecular formula is C20H21N7O4S2. The van der Waals surface area contributed by atoms with E-state index in [4.69, 9.17) is 0 Å². The maximum absolute atomic E-state index is 13.3. The Balaban J connectivity index is 1.39. The van der Waals surface area contributed by atoms with E-state index in [1.165, 1.54) is 36.1 Å². The summed E-state index contributed by atoms with van der Waals surface area (Å²) in [5, 5.41) is 3.21. The maximum atomic E-state index is 13.3. The molecular weight excluding hydrogens is 466 g/mol. The standard InChI is InChI=1S/C20H21N7O4S2/c28-18-11-22-8-15(25-18)17-10-24-19(32-17)20(29)27-6-5-21-9-16(27)14-7-12(3-4-23-14)26-33(30,31)13-1-2-13/h3-4,7-8,10-11,13,16,21H,1-2,5-6,9H2,(H,23,26)(H,25,28)/t16-/m0/s1. The lowest BCUT2D eigenvalue weighted by molar-refractivity contribution is 0.0629. The molecule has 1 saturated carbocycles. The van der Waals surface area contributed by atoms with Crippen LogP contribution >= 0.6 is 11.3 Å². The van der Waals surface area contributed by atoms with Crippen LogP contribution in [0.3, 0.4) is 0 Å². The molecule has 0 bridgehead atoms. The van der Waals surface area contributed by atoms with Gasteiger partial charge in [0.2, 0.25) is 10.0 Å². The third-order valence-electron chi connectivity index (χ3n) is 5.46. The molecule has 3 aromatic heterocycles. The first-order chi connectivity index (χ1) is 15.9. The van der Waals surface area contributed by atoms with Crippen LogP contribution in [0, 0.1) is 0 Å². The summed E-state index contributed by atoms with van der Waals surface area (Å²) < 4.78 is 27.2. The van der Waals surface area contributed by atoms with E-state index in [-0.39, 0.29) is 27.8 Å². The van der Waals surface area contributed by atoms with Crippen LogP contribution in [-0.2, 0) is 10.0 Å². The summed E-state index contributed by atoms with van der Waals surface area (Å²) in [6, 6.07) is 2.89. The number of nitrogens with one attached hydrogen (secondary N) is 3. The van der Waals surface area contributed by atoms with Gasteiger partial charge in [0, 0.05) is 32.0 Å². The van der Waals surface area contributed by atoms with Crippen LogP contribution in [0.4, 0.5) is 5.69 Å². The van der Waals surface area contributed by atoms with E-state index in [9.17, 15) is 18.0 Å². The van der Waals surface area contributed by atoms with Gasteiger partial charge in [-0.25, -0.2) is 13.4 Å². The van der Waals surface area contributed by atoms with Crippen molar-refractivity contribution in [3.8, 4) is 10.6 Å². The molecule has 172 valence electrons. The summed E-state index contributed by atoms with van der Waals surface area (Å²) in [6.45, 7) is 1.54. The molecule has 2 aliphatic rings. The van der Waals surface area contributed by atoms with Crippen molar-refractivity contribution in [2.24, 2.45) is 0 Å². The molecule has 4 heterocycles. The molecule has 5 rings (SSSR count). The zero-order valence-corrected chi connectivity index (χ0v) is 19.0. The number of carbonyl (C=O) groups excluding carboxylic acids is 1. The highest BCUT2D eigenvalue weighted by atomic mass is 32.2. The summed E-state index contributed by atoms with van der Waals surface area (Å²) in [5.41, 5.74) is 1.18. The fourth-order valence-electron chi connectivity index (χ4n) is 3.65. The van der Waals surface area contributed by atoms with E-state index in [0.29, 0.717) is 54.4 Å². The van der Waals surface area contributed by atoms with Crippen molar-refractivity contribution >= 4 is 33.0 Å². The zero-order chi connectivity index (χ0) is 23.0. The van der Waals surface area contributed by atoms with Crippen LogP contribution in [0.25, 0.3) is 10.6 Å². The Hall–Kier alpha value is -3.16. The summed E-state index contributed by atoms with van der Waals surface area (Å²) in [4.78, 5) is 42.4. The van der Waals surface area contributed by atoms with Gasteiger partial charge in [-0.3, -0.25) is 24.3 Å². The van der Waals surface area contributed by atoms with E-state index in [1.54, 1.807) is 17.0 Å². The lowest BCUT2D eigenvalue weighted by Gasteiger charge is -2.35. The van der Waals surface area contributed by atoms with Crippen molar-refractivity contribution in [3.63, 3.8) is 0 Å². The largest absolute Gasteiger partial charge is 0.325 e. The monoisotopic (exact) mass is 487 g/mol. The van der Waals surface area contributed by atoms with E-state index in [0.717, 1.165) is 0 Å².